The van der Waals surface area contributed by atoms with Crippen molar-refractivity contribution in [2.75, 3.05) is 0 Å². The molecule has 0 heterocycles. The van der Waals surface area contributed by atoms with Crippen LogP contribution in [0.3, 0.4) is 0 Å². The summed E-state index contributed by atoms with van der Waals surface area (Å²) in [5.41, 5.74) is -11.0. The number of rotatable bonds is 7. The summed E-state index contributed by atoms with van der Waals surface area (Å²) in [6.45, 7) is 4.07. The minimum atomic E-state index is -6.09. The van der Waals surface area contributed by atoms with E-state index >= 15 is 0 Å². The molecule has 0 amide bonds. The van der Waals surface area contributed by atoms with Crippen molar-refractivity contribution in [1.29, 1.82) is 0 Å². The van der Waals surface area contributed by atoms with E-state index in [0.29, 0.717) is 29.2 Å². The molecule has 0 N–H and O–H groups in total. The normalized spacial score (nSPS) is 11.8. The molecule has 0 saturated heterocycles. The highest BCUT2D eigenvalue weighted by atomic mass is 32.2. The Morgan fingerprint density at radius 1 is 0.451 bits per heavy atom. The average Bonchev–Trinajstić information content (AvgIpc) is 3.25. The molecule has 388 valence electrons. The van der Waals surface area contributed by atoms with Crippen LogP contribution in [-0.4, -0.2) is 44.9 Å². The van der Waals surface area contributed by atoms with Crippen LogP contribution in [0.4, 0.5) is 79.0 Å². The molecular weight excluding hydrogens is 1100 g/mol. The molecule has 0 unspecified atom stereocenters. The zero-order valence-electron chi connectivity index (χ0n) is 35.3. The van der Waals surface area contributed by atoms with Gasteiger partial charge in [0.15, 0.2) is 94.6 Å². The maximum Gasteiger partial charge on any atom is 0.522 e. The molecule has 0 radical (unpaired) electrons. The van der Waals surface area contributed by atoms with Gasteiger partial charge in [-0.15, -0.1) is 0 Å². The van der Waals surface area contributed by atoms with E-state index in [4.69, 9.17) is 13.0 Å². The molecule has 0 aliphatic rings. The maximum atomic E-state index is 13.6. The lowest BCUT2D eigenvalue weighted by Gasteiger charge is -2.17. The topological polar surface area (TPSA) is 118 Å². The highest BCUT2D eigenvalue weighted by Crippen LogP contribution is 2.34. The van der Waals surface area contributed by atoms with Crippen LogP contribution in [0.5, 0.6) is 0 Å². The predicted molar refractivity (Wildman–Crippen MR) is 220 cm³/mol. The molecule has 30 heteroatoms. The van der Waals surface area contributed by atoms with E-state index < -0.39 is 141 Å². The molecule has 6 rings (SSSR count). The summed E-state index contributed by atoms with van der Waals surface area (Å²) in [6.07, 6.45) is 0. The number of alkyl halides is 6. The first kappa shape index (κ1) is 61.7. The number of halogens is 18. The third kappa shape index (κ3) is 18.6. The lowest BCUT2D eigenvalue weighted by Crippen LogP contribution is -2.36. The Morgan fingerprint density at radius 2 is 0.690 bits per heavy atom. The van der Waals surface area contributed by atoms with Gasteiger partial charge in [-0.25, -0.2) is 65.3 Å². The monoisotopic (exact) mass is 1130 g/mol. The SMILES string of the molecule is C[Si](C)(C)OS(=O)(=O)C(F)(F)F.Fc1cc([S+](c2ccccc2)c2cc(F)c(F)c(F)c2)cc(F)c1F.O=S(=O)([O-])C(F)(F)F.O=S(c1cc(F)c(F)c(F)c1)c1cc(F)c(F)c(F)c1.c1ccccc1. The number of hydrogen-bond acceptors (Lipinski definition) is 7. The highest BCUT2D eigenvalue weighted by molar-refractivity contribution is 7.97. The first-order valence-corrected chi connectivity index (χ1v) is 26.8. The Kier molecular flexibility index (Phi) is 22.0. The van der Waals surface area contributed by atoms with E-state index in [9.17, 15) is 91.7 Å². The van der Waals surface area contributed by atoms with Crippen molar-refractivity contribution in [3.63, 3.8) is 0 Å². The van der Waals surface area contributed by atoms with Crippen molar-refractivity contribution in [3.05, 3.63) is 185 Å². The summed E-state index contributed by atoms with van der Waals surface area (Å²) >= 11 is 0. The lowest BCUT2D eigenvalue weighted by atomic mass is 10.3. The first-order valence-electron chi connectivity index (χ1n) is 18.2. The van der Waals surface area contributed by atoms with E-state index in [1.807, 2.05) is 36.4 Å². The van der Waals surface area contributed by atoms with Crippen LogP contribution in [0.1, 0.15) is 0 Å². The van der Waals surface area contributed by atoms with Gasteiger partial charge in [-0.05, 0) is 56.0 Å². The van der Waals surface area contributed by atoms with Crippen LogP contribution in [0, 0.1) is 69.8 Å². The molecule has 0 aliphatic heterocycles. The Labute approximate surface area is 397 Å². The average molecular weight is 1130 g/mol. The minimum absolute atomic E-state index is 0.0343. The van der Waals surface area contributed by atoms with Gasteiger partial charge >= 0.3 is 21.1 Å². The molecule has 0 saturated carbocycles. The van der Waals surface area contributed by atoms with Gasteiger partial charge in [-0.3, -0.25) is 0 Å². The molecule has 6 aromatic rings. The first-order chi connectivity index (χ1) is 32.4. The van der Waals surface area contributed by atoms with E-state index in [-0.39, 0.29) is 9.79 Å². The van der Waals surface area contributed by atoms with Crippen molar-refractivity contribution < 1.29 is 108 Å². The van der Waals surface area contributed by atoms with Crippen molar-refractivity contribution >= 4 is 50.2 Å². The second-order valence-corrected chi connectivity index (χ2v) is 25.0. The maximum absolute atomic E-state index is 13.6. The summed E-state index contributed by atoms with van der Waals surface area (Å²) in [6, 6.07) is 24.8. The van der Waals surface area contributed by atoms with Gasteiger partial charge in [-0.2, -0.15) is 34.8 Å². The van der Waals surface area contributed by atoms with Crippen LogP contribution >= 0.6 is 0 Å². The van der Waals surface area contributed by atoms with Gasteiger partial charge in [0.25, 0.3) is 0 Å². The van der Waals surface area contributed by atoms with Crippen LogP contribution in [0.25, 0.3) is 0 Å². The van der Waals surface area contributed by atoms with E-state index in [2.05, 4.69) is 3.87 Å². The molecule has 0 atom stereocenters. The van der Waals surface area contributed by atoms with Crippen molar-refractivity contribution in [3.8, 4) is 0 Å². The smallest absolute Gasteiger partial charge is 0.522 e. The van der Waals surface area contributed by atoms with E-state index in [1.165, 1.54) is 19.6 Å². The van der Waals surface area contributed by atoms with E-state index in [1.54, 1.807) is 30.3 Å². The van der Waals surface area contributed by atoms with Gasteiger partial charge in [0, 0.05) is 34.1 Å². The van der Waals surface area contributed by atoms with Crippen molar-refractivity contribution in [1.82, 2.24) is 0 Å². The molecule has 0 bridgehead atoms. The number of hydrogen-bond donors (Lipinski definition) is 0. The van der Waals surface area contributed by atoms with Gasteiger partial charge in [0.2, 0.25) is 8.32 Å². The molecular formula is C41H28F18O7S4Si. The van der Waals surface area contributed by atoms with Crippen LogP contribution in [-0.2, 0) is 45.8 Å². The third-order valence-electron chi connectivity index (χ3n) is 7.30. The summed E-state index contributed by atoms with van der Waals surface area (Å²) in [5, 5.41) is 0. The molecule has 0 aromatic heterocycles. The lowest BCUT2D eigenvalue weighted by molar-refractivity contribution is -0.0519. The van der Waals surface area contributed by atoms with Crippen molar-refractivity contribution in [2.24, 2.45) is 0 Å². The Balaban J connectivity index is 0.000000333. The van der Waals surface area contributed by atoms with Gasteiger partial charge in [0.1, 0.15) is 0 Å². The quantitative estimate of drug-likeness (QED) is 0.0390. The molecule has 7 nitrogen and oxygen atoms in total. The molecule has 6 aromatic carbocycles. The second kappa shape index (κ2) is 25.3. The van der Waals surface area contributed by atoms with Gasteiger partial charge in [0.05, 0.1) is 21.7 Å². The Bertz CT molecular complexity index is 2780. The Morgan fingerprint density at radius 3 is 0.901 bits per heavy atom. The molecule has 0 aliphatic carbocycles. The fraction of sp³-hybridized carbons (Fsp3) is 0.122. The van der Waals surface area contributed by atoms with E-state index in [0.717, 1.165) is 24.3 Å². The molecule has 0 spiro atoms. The third-order valence-corrected chi connectivity index (χ3v) is 14.8. The predicted octanol–water partition coefficient (Wildman–Crippen LogP) is 12.7. The summed E-state index contributed by atoms with van der Waals surface area (Å²) < 4.78 is 289. The van der Waals surface area contributed by atoms with Gasteiger partial charge < -0.3 is 8.42 Å². The zero-order valence-corrected chi connectivity index (χ0v) is 39.5. The fourth-order valence-corrected chi connectivity index (χ4v) is 10.7. The Hall–Kier alpha value is -5.40. The van der Waals surface area contributed by atoms with Crippen LogP contribution in [0.2, 0.25) is 19.6 Å². The summed E-state index contributed by atoms with van der Waals surface area (Å²) in [7, 11) is -18.0. The molecule has 0 fully saturated rings. The fourth-order valence-electron chi connectivity index (χ4n) is 4.44. The standard InChI is InChI=1S/C18H9F6S.C12H4F6OS.C6H6.C4H9F3O3SSi.CHF3O3S/c19-13-6-11(7-14(20)17(13)23)25(10-4-2-1-3-5-10)12-8-15(21)18(24)16(22)9-12;13-7-1-5(2-8(14)11(7)17)20(19)6-3-9(15)12(18)10(16)4-6;1-2-4-6-5-3-1;1-12(2,3)10-11(8,9)4(5,6)7;2-1(3,4)8(5,6)7/h1-9H;1-4H;1-6H;1-3H3;(H,5,6,7)/q+1;;;;/p-1. The molecule has 71 heavy (non-hydrogen) atoms. The number of benzene rings is 6. The summed E-state index contributed by atoms with van der Waals surface area (Å²) in [4.78, 5) is -0.696. The van der Waals surface area contributed by atoms with Gasteiger partial charge in [-0.1, -0.05) is 54.6 Å². The van der Waals surface area contributed by atoms with Crippen LogP contribution in [0.15, 0.2) is 140 Å². The second-order valence-electron chi connectivity index (χ2n) is 13.8. The zero-order chi connectivity index (χ0) is 54.6. The van der Waals surface area contributed by atoms with Crippen molar-refractivity contribution in [2.45, 2.75) is 55.1 Å². The summed E-state index contributed by atoms with van der Waals surface area (Å²) in [5.74, 6) is -18.9. The highest BCUT2D eigenvalue weighted by Gasteiger charge is 2.49. The van der Waals surface area contributed by atoms with Crippen LogP contribution < -0.4 is 0 Å². The minimum Gasteiger partial charge on any atom is -0.741 e. The largest absolute Gasteiger partial charge is 0.741 e.